The summed E-state index contributed by atoms with van der Waals surface area (Å²) < 4.78 is 14.4. The number of fused-ring (bicyclic) bond motifs is 1. The molecule has 5 heteroatoms. The number of hydrogen-bond acceptors (Lipinski definition) is 3. The molecule has 0 aliphatic heterocycles. The van der Waals surface area contributed by atoms with Crippen LogP contribution in [0.25, 0.3) is 20.8 Å². The van der Waals surface area contributed by atoms with Crippen LogP contribution in [0.4, 0.5) is 10.1 Å². The van der Waals surface area contributed by atoms with Gasteiger partial charge in [-0.1, -0.05) is 30.3 Å². The standard InChI is InChI=1S/C20H13FN2OS/c21-14-7-5-6-13(12-14)19(24)22-16-9-2-1-8-15(16)20-23-17-10-3-4-11-18(17)25-20/h1-12H,(H,22,24). The first-order valence-electron chi connectivity index (χ1n) is 7.72. The lowest BCUT2D eigenvalue weighted by molar-refractivity contribution is 0.102. The lowest BCUT2D eigenvalue weighted by Gasteiger charge is -2.09. The van der Waals surface area contributed by atoms with Crippen LogP contribution in [0.15, 0.2) is 72.8 Å². The maximum Gasteiger partial charge on any atom is 0.255 e. The highest BCUT2D eigenvalue weighted by Gasteiger charge is 2.13. The average Bonchev–Trinajstić information content (AvgIpc) is 3.06. The zero-order chi connectivity index (χ0) is 17.2. The zero-order valence-corrected chi connectivity index (χ0v) is 13.9. The van der Waals surface area contributed by atoms with Crippen molar-refractivity contribution in [2.24, 2.45) is 0 Å². The van der Waals surface area contributed by atoms with Crippen molar-refractivity contribution in [1.29, 1.82) is 0 Å². The summed E-state index contributed by atoms with van der Waals surface area (Å²) in [5.41, 5.74) is 2.69. The van der Waals surface area contributed by atoms with E-state index in [1.807, 2.05) is 48.5 Å². The molecule has 1 heterocycles. The Morgan fingerprint density at radius 1 is 0.960 bits per heavy atom. The Balaban J connectivity index is 1.70. The van der Waals surface area contributed by atoms with Crippen LogP contribution in [0.2, 0.25) is 0 Å². The molecule has 3 nitrogen and oxygen atoms in total. The molecule has 4 rings (SSSR count). The summed E-state index contributed by atoms with van der Waals surface area (Å²) in [6.07, 6.45) is 0. The molecule has 0 aliphatic rings. The highest BCUT2D eigenvalue weighted by molar-refractivity contribution is 7.21. The number of halogens is 1. The van der Waals surface area contributed by atoms with E-state index in [4.69, 9.17) is 0 Å². The van der Waals surface area contributed by atoms with Crippen LogP contribution in [0.5, 0.6) is 0 Å². The van der Waals surface area contributed by atoms with E-state index in [9.17, 15) is 9.18 Å². The number of benzene rings is 3. The molecule has 0 radical (unpaired) electrons. The van der Waals surface area contributed by atoms with Gasteiger partial charge in [0.2, 0.25) is 0 Å². The summed E-state index contributed by atoms with van der Waals surface area (Å²) in [5.74, 6) is -0.792. The molecule has 25 heavy (non-hydrogen) atoms. The number of hydrogen-bond donors (Lipinski definition) is 1. The molecule has 0 aliphatic carbocycles. The molecule has 0 fully saturated rings. The molecule has 1 aromatic heterocycles. The van der Waals surface area contributed by atoms with Crippen molar-refractivity contribution < 1.29 is 9.18 Å². The van der Waals surface area contributed by atoms with Crippen molar-refractivity contribution >= 4 is 33.1 Å². The number of nitrogens with one attached hydrogen (secondary N) is 1. The van der Waals surface area contributed by atoms with Gasteiger partial charge in [-0.3, -0.25) is 4.79 Å². The SMILES string of the molecule is O=C(Nc1ccccc1-c1nc2ccccc2s1)c1cccc(F)c1. The van der Waals surface area contributed by atoms with Gasteiger partial charge in [0, 0.05) is 11.1 Å². The number of aromatic nitrogens is 1. The van der Waals surface area contributed by atoms with E-state index in [2.05, 4.69) is 10.3 Å². The first-order chi connectivity index (χ1) is 12.2. The first-order valence-corrected chi connectivity index (χ1v) is 8.54. The molecule has 0 unspecified atom stereocenters. The summed E-state index contributed by atoms with van der Waals surface area (Å²) in [6.45, 7) is 0. The van der Waals surface area contributed by atoms with Crippen LogP contribution < -0.4 is 5.32 Å². The predicted octanol–water partition coefficient (Wildman–Crippen LogP) is 5.35. The Kier molecular flexibility index (Phi) is 3.99. The third kappa shape index (κ3) is 3.14. The molecule has 0 atom stereocenters. The van der Waals surface area contributed by atoms with Crippen LogP contribution in [0.3, 0.4) is 0 Å². The number of carbonyl (C=O) groups excluding carboxylic acids is 1. The smallest absolute Gasteiger partial charge is 0.255 e. The number of amides is 1. The number of anilines is 1. The van der Waals surface area contributed by atoms with Gasteiger partial charge in [0.15, 0.2) is 0 Å². The Bertz CT molecular complexity index is 1040. The predicted molar refractivity (Wildman–Crippen MR) is 99.4 cm³/mol. The Morgan fingerprint density at radius 3 is 2.60 bits per heavy atom. The lowest BCUT2D eigenvalue weighted by Crippen LogP contribution is -2.12. The zero-order valence-electron chi connectivity index (χ0n) is 13.1. The lowest BCUT2D eigenvalue weighted by atomic mass is 10.1. The number of carbonyl (C=O) groups is 1. The fraction of sp³-hybridized carbons (Fsp3) is 0. The molecular weight excluding hydrogens is 335 g/mol. The second-order valence-electron chi connectivity index (χ2n) is 5.50. The van der Waals surface area contributed by atoms with Gasteiger partial charge in [0.05, 0.1) is 15.9 Å². The van der Waals surface area contributed by atoms with Gasteiger partial charge in [0.1, 0.15) is 10.8 Å². The van der Waals surface area contributed by atoms with Gasteiger partial charge in [0.25, 0.3) is 5.91 Å². The normalized spacial score (nSPS) is 10.8. The van der Waals surface area contributed by atoms with E-state index in [0.29, 0.717) is 5.69 Å². The maximum atomic E-state index is 13.3. The molecule has 1 amide bonds. The fourth-order valence-corrected chi connectivity index (χ4v) is 3.60. The largest absolute Gasteiger partial charge is 0.321 e. The van der Waals surface area contributed by atoms with Crippen molar-refractivity contribution in [2.75, 3.05) is 5.32 Å². The van der Waals surface area contributed by atoms with Crippen molar-refractivity contribution in [3.05, 3.63) is 84.2 Å². The van der Waals surface area contributed by atoms with Gasteiger partial charge in [-0.15, -0.1) is 11.3 Å². The van der Waals surface area contributed by atoms with Crippen LogP contribution in [-0.2, 0) is 0 Å². The Labute approximate surface area is 147 Å². The summed E-state index contributed by atoms with van der Waals surface area (Å²) in [7, 11) is 0. The summed E-state index contributed by atoms with van der Waals surface area (Å²) in [4.78, 5) is 17.1. The van der Waals surface area contributed by atoms with E-state index in [1.165, 1.54) is 18.2 Å². The van der Waals surface area contributed by atoms with Gasteiger partial charge in [-0.05, 0) is 42.5 Å². The number of nitrogens with zero attached hydrogens (tertiary/aromatic N) is 1. The number of rotatable bonds is 3. The van der Waals surface area contributed by atoms with Crippen molar-refractivity contribution in [3.8, 4) is 10.6 Å². The number of para-hydroxylation sites is 2. The molecule has 0 saturated heterocycles. The average molecular weight is 348 g/mol. The quantitative estimate of drug-likeness (QED) is 0.542. The van der Waals surface area contributed by atoms with Crippen LogP contribution >= 0.6 is 11.3 Å². The van der Waals surface area contributed by atoms with E-state index < -0.39 is 5.82 Å². The first kappa shape index (κ1) is 15.5. The minimum Gasteiger partial charge on any atom is -0.321 e. The molecule has 1 N–H and O–H groups in total. The Morgan fingerprint density at radius 2 is 1.76 bits per heavy atom. The maximum absolute atomic E-state index is 13.3. The highest BCUT2D eigenvalue weighted by Crippen LogP contribution is 2.34. The van der Waals surface area contributed by atoms with Gasteiger partial charge in [-0.25, -0.2) is 9.37 Å². The van der Waals surface area contributed by atoms with Crippen molar-refractivity contribution in [2.45, 2.75) is 0 Å². The fourth-order valence-electron chi connectivity index (χ4n) is 2.59. The van der Waals surface area contributed by atoms with E-state index in [-0.39, 0.29) is 11.5 Å². The Hall–Kier alpha value is -3.05. The van der Waals surface area contributed by atoms with E-state index in [1.54, 1.807) is 17.4 Å². The minimum atomic E-state index is -0.438. The van der Waals surface area contributed by atoms with Crippen LogP contribution in [-0.4, -0.2) is 10.9 Å². The third-order valence-corrected chi connectivity index (χ3v) is 4.86. The monoisotopic (exact) mass is 348 g/mol. The third-order valence-electron chi connectivity index (χ3n) is 3.79. The van der Waals surface area contributed by atoms with Crippen LogP contribution in [0.1, 0.15) is 10.4 Å². The summed E-state index contributed by atoms with van der Waals surface area (Å²) in [6, 6.07) is 21.0. The van der Waals surface area contributed by atoms with Gasteiger partial charge in [-0.2, -0.15) is 0 Å². The highest BCUT2D eigenvalue weighted by atomic mass is 32.1. The molecule has 122 valence electrons. The van der Waals surface area contributed by atoms with Crippen LogP contribution in [0, 0.1) is 5.82 Å². The van der Waals surface area contributed by atoms with Crippen molar-refractivity contribution in [3.63, 3.8) is 0 Å². The van der Waals surface area contributed by atoms with Gasteiger partial charge >= 0.3 is 0 Å². The molecule has 4 aromatic rings. The number of thiazole rings is 1. The van der Waals surface area contributed by atoms with E-state index >= 15 is 0 Å². The topological polar surface area (TPSA) is 42.0 Å². The molecule has 0 spiro atoms. The summed E-state index contributed by atoms with van der Waals surface area (Å²) in [5, 5.41) is 3.69. The summed E-state index contributed by atoms with van der Waals surface area (Å²) >= 11 is 1.57. The second kappa shape index (κ2) is 6.45. The minimum absolute atomic E-state index is 0.277. The molecule has 3 aromatic carbocycles. The van der Waals surface area contributed by atoms with Gasteiger partial charge < -0.3 is 5.32 Å². The molecule has 0 saturated carbocycles. The molecule has 0 bridgehead atoms. The van der Waals surface area contributed by atoms with Crippen molar-refractivity contribution in [1.82, 2.24) is 4.98 Å². The molecular formula is C20H13FN2OS. The second-order valence-corrected chi connectivity index (χ2v) is 6.53. The van der Waals surface area contributed by atoms with E-state index in [0.717, 1.165) is 20.8 Å².